The van der Waals surface area contributed by atoms with E-state index in [0.717, 1.165) is 18.3 Å². The maximum Gasteiger partial charge on any atom is 0.277 e. The van der Waals surface area contributed by atoms with Gasteiger partial charge in [0, 0.05) is 26.2 Å². The first-order valence-electron chi connectivity index (χ1n) is 10.9. The summed E-state index contributed by atoms with van der Waals surface area (Å²) in [5.74, 6) is 3.28. The van der Waals surface area contributed by atoms with E-state index >= 15 is 0 Å². The van der Waals surface area contributed by atoms with Crippen molar-refractivity contribution in [3.63, 3.8) is 0 Å². The lowest BCUT2D eigenvalue weighted by molar-refractivity contribution is -0.123. The number of nitrogens with zero attached hydrogens (tertiary/aromatic N) is 2. The maximum atomic E-state index is 12.3. The first-order valence-corrected chi connectivity index (χ1v) is 15.2. The second-order valence-corrected chi connectivity index (χ2v) is 12.7. The normalized spacial score (nSPS) is 13.5. The molecule has 0 bridgehead atoms. The molecule has 0 spiro atoms. The molecule has 36 heavy (non-hydrogen) atoms. The molecule has 1 fully saturated rings. The van der Waals surface area contributed by atoms with Crippen molar-refractivity contribution in [3.8, 4) is 17.6 Å². The van der Waals surface area contributed by atoms with Gasteiger partial charge in [0.05, 0.1) is 26.0 Å². The highest BCUT2D eigenvalue weighted by atomic mass is 127. The molecule has 0 unspecified atom stereocenters. The van der Waals surface area contributed by atoms with Crippen LogP contribution in [0.2, 0.25) is 0 Å². The summed E-state index contributed by atoms with van der Waals surface area (Å²) in [7, 11) is 0. The number of carbonyl (C=O) groups is 1. The average Bonchev–Trinajstić information content (AvgIpc) is 3.42. The first-order chi connectivity index (χ1) is 17.5. The van der Waals surface area contributed by atoms with Crippen molar-refractivity contribution in [2.75, 3.05) is 18.1 Å². The number of nitrogens with one attached hydrogen (secondary N) is 1. The summed E-state index contributed by atoms with van der Waals surface area (Å²) in [6, 6.07) is 21.3. The number of halogens is 2. The second kappa shape index (κ2) is 13.6. The number of thioether (sulfide) groups is 2. The molecular formula is C26H21I2N3O3S2. The first kappa shape index (κ1) is 27.1. The number of hydrazone groups is 1. The van der Waals surface area contributed by atoms with Gasteiger partial charge in [-0.3, -0.25) is 4.79 Å². The third kappa shape index (κ3) is 7.53. The molecule has 0 aliphatic carbocycles. The van der Waals surface area contributed by atoms with Gasteiger partial charge in [0.1, 0.15) is 18.1 Å². The van der Waals surface area contributed by atoms with Crippen LogP contribution >= 0.6 is 68.7 Å². The van der Waals surface area contributed by atoms with E-state index in [0.29, 0.717) is 21.6 Å². The van der Waals surface area contributed by atoms with Crippen molar-refractivity contribution in [2.24, 2.45) is 5.10 Å². The summed E-state index contributed by atoms with van der Waals surface area (Å²) in [4.78, 5) is 12.3. The van der Waals surface area contributed by atoms with E-state index in [1.165, 1.54) is 17.1 Å². The van der Waals surface area contributed by atoms with Crippen molar-refractivity contribution in [2.45, 2.75) is 11.2 Å². The number of rotatable bonds is 9. The van der Waals surface area contributed by atoms with Gasteiger partial charge in [0.25, 0.3) is 5.91 Å². The second-order valence-electron chi connectivity index (χ2n) is 7.59. The third-order valence-corrected chi connectivity index (χ3v) is 9.61. The van der Waals surface area contributed by atoms with E-state index < -0.39 is 0 Å². The van der Waals surface area contributed by atoms with Crippen molar-refractivity contribution >= 4 is 80.8 Å². The molecule has 0 radical (unpaired) electrons. The maximum absolute atomic E-state index is 12.3. The van der Waals surface area contributed by atoms with Crippen LogP contribution in [0.1, 0.15) is 26.8 Å². The fourth-order valence-corrected chi connectivity index (χ4v) is 8.27. The Kier molecular flexibility index (Phi) is 10.2. The van der Waals surface area contributed by atoms with Crippen LogP contribution in [0.5, 0.6) is 11.5 Å². The summed E-state index contributed by atoms with van der Waals surface area (Å²) < 4.78 is 14.1. The van der Waals surface area contributed by atoms with E-state index in [2.05, 4.69) is 73.9 Å². The Labute approximate surface area is 245 Å². The van der Waals surface area contributed by atoms with Crippen molar-refractivity contribution in [3.05, 3.63) is 90.1 Å². The molecule has 10 heteroatoms. The molecule has 1 saturated heterocycles. The number of benzene rings is 3. The van der Waals surface area contributed by atoms with Gasteiger partial charge in [-0.15, -0.1) is 23.5 Å². The topological polar surface area (TPSA) is 83.7 Å². The molecule has 1 aliphatic heterocycles. The Morgan fingerprint density at radius 2 is 1.86 bits per heavy atom. The smallest absolute Gasteiger partial charge is 0.277 e. The lowest BCUT2D eigenvalue weighted by atomic mass is 10.1. The van der Waals surface area contributed by atoms with Crippen LogP contribution in [0.15, 0.2) is 65.8 Å². The van der Waals surface area contributed by atoms with E-state index in [9.17, 15) is 10.1 Å². The zero-order valence-corrected chi connectivity index (χ0v) is 24.9. The van der Waals surface area contributed by atoms with Gasteiger partial charge in [0.2, 0.25) is 0 Å². The van der Waals surface area contributed by atoms with E-state index in [1.54, 1.807) is 12.3 Å². The summed E-state index contributed by atoms with van der Waals surface area (Å²) in [5.41, 5.74) is 5.88. The summed E-state index contributed by atoms with van der Waals surface area (Å²) in [6.07, 6.45) is 1.56. The van der Waals surface area contributed by atoms with Crippen LogP contribution in [0.4, 0.5) is 0 Å². The molecular weight excluding hydrogens is 720 g/mol. The third-order valence-electron chi connectivity index (χ3n) is 5.08. The van der Waals surface area contributed by atoms with Crippen LogP contribution in [0.3, 0.4) is 0 Å². The van der Waals surface area contributed by atoms with Gasteiger partial charge < -0.3 is 9.47 Å². The van der Waals surface area contributed by atoms with Crippen molar-refractivity contribution < 1.29 is 14.3 Å². The zero-order valence-electron chi connectivity index (χ0n) is 18.9. The van der Waals surface area contributed by atoms with E-state index in [-0.39, 0.29) is 19.1 Å². The zero-order chi connectivity index (χ0) is 25.3. The minimum absolute atomic E-state index is 0.137. The van der Waals surface area contributed by atoms with Gasteiger partial charge in [-0.2, -0.15) is 10.4 Å². The lowest BCUT2D eigenvalue weighted by Gasteiger charge is -2.13. The van der Waals surface area contributed by atoms with Gasteiger partial charge in [-0.25, -0.2) is 5.43 Å². The molecule has 1 N–H and O–H groups in total. The Bertz CT molecular complexity index is 1290. The Morgan fingerprint density at radius 3 is 2.61 bits per heavy atom. The number of amides is 1. The quantitative estimate of drug-likeness (QED) is 0.156. The molecule has 0 aromatic heterocycles. The molecule has 184 valence electrons. The number of ether oxygens (including phenoxy) is 2. The number of nitriles is 1. The summed E-state index contributed by atoms with van der Waals surface area (Å²) in [6.45, 7) is 0.111. The Hall–Kier alpha value is -1.95. The average molecular weight is 741 g/mol. The van der Waals surface area contributed by atoms with Crippen LogP contribution in [-0.4, -0.2) is 30.2 Å². The molecule has 0 saturated carbocycles. The molecule has 6 nitrogen and oxygen atoms in total. The summed E-state index contributed by atoms with van der Waals surface area (Å²) in [5, 5.41) is 13.4. The molecule has 3 aromatic carbocycles. The fourth-order valence-electron chi connectivity index (χ4n) is 3.36. The van der Waals surface area contributed by atoms with Crippen molar-refractivity contribution in [1.29, 1.82) is 5.26 Å². The highest BCUT2D eigenvalue weighted by molar-refractivity contribution is 14.1. The highest BCUT2D eigenvalue weighted by Gasteiger charge is 2.18. The van der Waals surface area contributed by atoms with Gasteiger partial charge in [0.15, 0.2) is 6.61 Å². The monoisotopic (exact) mass is 741 g/mol. The van der Waals surface area contributed by atoms with Crippen LogP contribution in [0.25, 0.3) is 0 Å². The SMILES string of the molecule is N#Cc1ccccc1COc1c(I)cc(I)cc1/C=N\NC(=O)COc1ccc(C2SCCS2)cc1. The lowest BCUT2D eigenvalue weighted by Crippen LogP contribution is -2.24. The predicted molar refractivity (Wildman–Crippen MR) is 163 cm³/mol. The van der Waals surface area contributed by atoms with Gasteiger partial charge in [-0.1, -0.05) is 30.3 Å². The minimum Gasteiger partial charge on any atom is -0.487 e. The van der Waals surface area contributed by atoms with Crippen molar-refractivity contribution in [1.82, 2.24) is 5.43 Å². The molecule has 4 rings (SSSR count). The highest BCUT2D eigenvalue weighted by Crippen LogP contribution is 2.45. The molecule has 1 aliphatic rings. The van der Waals surface area contributed by atoms with Gasteiger partial charge in [-0.05, 0) is 81.1 Å². The van der Waals surface area contributed by atoms with E-state index in [4.69, 9.17) is 9.47 Å². The molecule has 1 amide bonds. The molecule has 3 aromatic rings. The van der Waals surface area contributed by atoms with Gasteiger partial charge >= 0.3 is 0 Å². The number of hydrogen-bond donors (Lipinski definition) is 1. The van der Waals surface area contributed by atoms with E-state index in [1.807, 2.05) is 66.0 Å². The van der Waals surface area contributed by atoms with Crippen LogP contribution in [0, 0.1) is 18.5 Å². The standard InChI is InChI=1S/C26H21I2N3O3S2/c27-21-11-20(25(23(28)12-21)34-15-19-4-2-1-3-18(19)13-29)14-30-31-24(32)16-33-22-7-5-17(6-8-22)26-35-9-10-36-26/h1-8,11-12,14,26H,9-10,15-16H2,(H,31,32)/b30-14-. The number of carbonyl (C=O) groups excluding carboxylic acids is 1. The predicted octanol–water partition coefficient (Wildman–Crippen LogP) is 6.35. The van der Waals surface area contributed by atoms with Crippen LogP contribution in [-0.2, 0) is 11.4 Å². The largest absolute Gasteiger partial charge is 0.487 e. The van der Waals surface area contributed by atoms with Crippen LogP contribution < -0.4 is 14.9 Å². The molecule has 1 heterocycles. The number of hydrogen-bond acceptors (Lipinski definition) is 7. The summed E-state index contributed by atoms with van der Waals surface area (Å²) >= 11 is 8.33. The Balaban J connectivity index is 1.33. The minimum atomic E-state index is -0.358. The fraction of sp³-hybridized carbons (Fsp3) is 0.192. The molecule has 0 atom stereocenters. The Morgan fingerprint density at radius 1 is 1.11 bits per heavy atom.